The van der Waals surface area contributed by atoms with Gasteiger partial charge in [-0.05, 0) is 60.2 Å². The fourth-order valence-corrected chi connectivity index (χ4v) is 3.07. The number of nitrogens with zero attached hydrogens (tertiary/aromatic N) is 2. The highest BCUT2D eigenvalue weighted by Gasteiger charge is 2.24. The van der Waals surface area contributed by atoms with Gasteiger partial charge < -0.3 is 10.0 Å². The van der Waals surface area contributed by atoms with E-state index in [-0.39, 0.29) is 6.10 Å². The Morgan fingerprint density at radius 1 is 1.47 bits per heavy atom. The van der Waals surface area contributed by atoms with Gasteiger partial charge in [-0.15, -0.1) is 0 Å². The van der Waals surface area contributed by atoms with Crippen molar-refractivity contribution in [2.24, 2.45) is 5.92 Å². The molecule has 0 saturated carbocycles. The first-order valence-electron chi connectivity index (χ1n) is 6.13. The summed E-state index contributed by atoms with van der Waals surface area (Å²) in [6, 6.07) is 2.10. The fraction of sp³-hybridized carbons (Fsp3) is 0.615. The molecule has 0 radical (unpaired) electrons. The van der Waals surface area contributed by atoms with Gasteiger partial charge in [-0.25, -0.2) is 4.98 Å². The first-order valence-corrected chi connectivity index (χ1v) is 6.92. The number of hydrogen-bond donors (Lipinski definition) is 1. The molecule has 1 aliphatic rings. The lowest BCUT2D eigenvalue weighted by Gasteiger charge is -2.34. The molecular weight excluding hydrogens is 280 g/mol. The number of hydrogen-bond acceptors (Lipinski definition) is 3. The summed E-state index contributed by atoms with van der Waals surface area (Å²) in [5, 5.41) is 9.58. The third-order valence-corrected chi connectivity index (χ3v) is 4.06. The Hall–Kier alpha value is -0.610. The Kier molecular flexibility index (Phi) is 4.05. The van der Waals surface area contributed by atoms with E-state index < -0.39 is 0 Å². The Morgan fingerprint density at radius 2 is 2.12 bits per heavy atom. The van der Waals surface area contributed by atoms with Gasteiger partial charge in [0.05, 0.1) is 10.6 Å². The molecule has 1 aliphatic heterocycles. The average Bonchev–Trinajstić information content (AvgIpc) is 2.29. The summed E-state index contributed by atoms with van der Waals surface area (Å²) in [4.78, 5) is 6.78. The predicted octanol–water partition coefficient (Wildman–Crippen LogP) is 2.75. The summed E-state index contributed by atoms with van der Waals surface area (Å²) >= 11 is 3.57. The number of halogens is 1. The molecule has 0 aliphatic carbocycles. The molecule has 94 valence electrons. The minimum absolute atomic E-state index is 0.188. The van der Waals surface area contributed by atoms with Crippen LogP contribution in [0.1, 0.15) is 25.3 Å². The molecule has 1 aromatic rings. The van der Waals surface area contributed by atoms with Crippen LogP contribution >= 0.6 is 15.9 Å². The van der Waals surface area contributed by atoms with Gasteiger partial charge in [0.2, 0.25) is 0 Å². The van der Waals surface area contributed by atoms with Crippen LogP contribution in [0.5, 0.6) is 0 Å². The fourth-order valence-electron chi connectivity index (χ4n) is 2.35. The van der Waals surface area contributed by atoms with Crippen LogP contribution in [-0.4, -0.2) is 29.3 Å². The van der Waals surface area contributed by atoms with E-state index in [1.165, 1.54) is 5.56 Å². The second kappa shape index (κ2) is 5.36. The van der Waals surface area contributed by atoms with Gasteiger partial charge in [0, 0.05) is 19.3 Å². The number of rotatable bonds is 2. The molecule has 4 heteroatoms. The molecule has 1 unspecified atom stereocenters. The SMILES string of the molecule is Cc1cnc(N2CCC(C(C)O)CC2)c(Br)c1. The van der Waals surface area contributed by atoms with Crippen molar-refractivity contribution >= 4 is 21.7 Å². The molecule has 0 amide bonds. The number of piperidine rings is 1. The predicted molar refractivity (Wildman–Crippen MR) is 73.3 cm³/mol. The molecule has 1 fully saturated rings. The van der Waals surface area contributed by atoms with E-state index in [0.29, 0.717) is 5.92 Å². The minimum Gasteiger partial charge on any atom is -0.393 e. The van der Waals surface area contributed by atoms with E-state index >= 15 is 0 Å². The van der Waals surface area contributed by atoms with Crippen LogP contribution in [0.4, 0.5) is 5.82 Å². The largest absolute Gasteiger partial charge is 0.393 e. The Bertz CT molecular complexity index is 387. The highest BCUT2D eigenvalue weighted by Crippen LogP contribution is 2.29. The lowest BCUT2D eigenvalue weighted by Crippen LogP contribution is -2.37. The monoisotopic (exact) mass is 298 g/mol. The molecule has 1 aromatic heterocycles. The lowest BCUT2D eigenvalue weighted by atomic mass is 9.92. The third-order valence-electron chi connectivity index (χ3n) is 3.48. The van der Waals surface area contributed by atoms with E-state index in [1.807, 2.05) is 20.0 Å². The highest BCUT2D eigenvalue weighted by molar-refractivity contribution is 9.10. The van der Waals surface area contributed by atoms with Crippen molar-refractivity contribution in [2.75, 3.05) is 18.0 Å². The number of anilines is 1. The molecule has 1 N–H and O–H groups in total. The number of pyridine rings is 1. The van der Waals surface area contributed by atoms with E-state index in [1.54, 1.807) is 0 Å². The zero-order chi connectivity index (χ0) is 12.4. The normalized spacial score (nSPS) is 19.4. The van der Waals surface area contributed by atoms with Crippen molar-refractivity contribution in [3.8, 4) is 0 Å². The molecule has 0 spiro atoms. The van der Waals surface area contributed by atoms with Gasteiger partial charge in [-0.3, -0.25) is 0 Å². The van der Waals surface area contributed by atoms with Gasteiger partial charge >= 0.3 is 0 Å². The lowest BCUT2D eigenvalue weighted by molar-refractivity contribution is 0.109. The Morgan fingerprint density at radius 3 is 2.65 bits per heavy atom. The van der Waals surface area contributed by atoms with Crippen molar-refractivity contribution in [3.05, 3.63) is 22.3 Å². The van der Waals surface area contributed by atoms with E-state index in [0.717, 1.165) is 36.2 Å². The second-order valence-electron chi connectivity index (χ2n) is 4.88. The standard InChI is InChI=1S/C13H19BrN2O/c1-9-7-12(14)13(15-8-9)16-5-3-11(4-6-16)10(2)17/h7-8,10-11,17H,3-6H2,1-2H3. The summed E-state index contributed by atoms with van der Waals surface area (Å²) in [5.41, 5.74) is 1.17. The molecule has 2 rings (SSSR count). The number of aryl methyl sites for hydroxylation is 1. The summed E-state index contributed by atoms with van der Waals surface area (Å²) in [5.74, 6) is 1.47. The molecule has 0 aromatic carbocycles. The van der Waals surface area contributed by atoms with Crippen molar-refractivity contribution in [3.63, 3.8) is 0 Å². The highest BCUT2D eigenvalue weighted by atomic mass is 79.9. The second-order valence-corrected chi connectivity index (χ2v) is 5.74. The van der Waals surface area contributed by atoms with E-state index in [4.69, 9.17) is 0 Å². The quantitative estimate of drug-likeness (QED) is 0.912. The van der Waals surface area contributed by atoms with Crippen LogP contribution in [0, 0.1) is 12.8 Å². The zero-order valence-electron chi connectivity index (χ0n) is 10.4. The van der Waals surface area contributed by atoms with Crippen LogP contribution in [0.3, 0.4) is 0 Å². The van der Waals surface area contributed by atoms with Gasteiger partial charge in [0.1, 0.15) is 5.82 Å². The average molecular weight is 299 g/mol. The molecular formula is C13H19BrN2O. The van der Waals surface area contributed by atoms with Crippen LogP contribution in [0.15, 0.2) is 16.7 Å². The first kappa shape index (κ1) is 12.8. The first-order chi connectivity index (χ1) is 8.08. The number of aliphatic hydroxyl groups excluding tert-OH is 1. The smallest absolute Gasteiger partial charge is 0.142 e. The van der Waals surface area contributed by atoms with Crippen LogP contribution in [0.2, 0.25) is 0 Å². The van der Waals surface area contributed by atoms with Gasteiger partial charge in [0.15, 0.2) is 0 Å². The number of aromatic nitrogens is 1. The van der Waals surface area contributed by atoms with E-state index in [2.05, 4.69) is 31.9 Å². The molecule has 2 heterocycles. The molecule has 0 bridgehead atoms. The molecule has 17 heavy (non-hydrogen) atoms. The summed E-state index contributed by atoms with van der Waals surface area (Å²) < 4.78 is 1.06. The number of aliphatic hydroxyl groups is 1. The molecule has 1 atom stereocenters. The van der Waals surface area contributed by atoms with Crippen molar-refractivity contribution < 1.29 is 5.11 Å². The van der Waals surface area contributed by atoms with Gasteiger partial charge in [-0.1, -0.05) is 0 Å². The Labute approximate surface area is 111 Å². The van der Waals surface area contributed by atoms with Crippen molar-refractivity contribution in [1.82, 2.24) is 4.98 Å². The van der Waals surface area contributed by atoms with Gasteiger partial charge in [0.25, 0.3) is 0 Å². The maximum Gasteiger partial charge on any atom is 0.142 e. The van der Waals surface area contributed by atoms with Crippen molar-refractivity contribution in [1.29, 1.82) is 0 Å². The van der Waals surface area contributed by atoms with Crippen molar-refractivity contribution in [2.45, 2.75) is 32.8 Å². The summed E-state index contributed by atoms with van der Waals surface area (Å²) in [6.45, 7) is 5.88. The minimum atomic E-state index is -0.188. The Balaban J connectivity index is 2.05. The van der Waals surface area contributed by atoms with Crippen LogP contribution < -0.4 is 4.90 Å². The maximum absolute atomic E-state index is 9.58. The van der Waals surface area contributed by atoms with Crippen LogP contribution in [-0.2, 0) is 0 Å². The van der Waals surface area contributed by atoms with Gasteiger partial charge in [-0.2, -0.15) is 0 Å². The topological polar surface area (TPSA) is 36.4 Å². The summed E-state index contributed by atoms with van der Waals surface area (Å²) in [6.07, 6.45) is 3.80. The third kappa shape index (κ3) is 2.99. The molecule has 3 nitrogen and oxygen atoms in total. The zero-order valence-corrected chi connectivity index (χ0v) is 11.9. The van der Waals surface area contributed by atoms with Crippen LogP contribution in [0.25, 0.3) is 0 Å². The maximum atomic E-state index is 9.58. The summed E-state index contributed by atoms with van der Waals surface area (Å²) in [7, 11) is 0. The van der Waals surface area contributed by atoms with E-state index in [9.17, 15) is 5.11 Å². The molecule has 1 saturated heterocycles.